The Bertz CT molecular complexity index is 3140. The average molecular weight is 666 g/mol. The molecular formula is C49H31NS. The lowest BCUT2D eigenvalue weighted by atomic mass is 9.80. The number of aromatic nitrogens is 1. The molecule has 2 aliphatic carbocycles. The van der Waals surface area contributed by atoms with E-state index in [0.717, 1.165) is 0 Å². The molecule has 0 spiro atoms. The second-order valence-electron chi connectivity index (χ2n) is 14.8. The summed E-state index contributed by atoms with van der Waals surface area (Å²) in [7, 11) is 0. The fraction of sp³-hybridized carbons (Fsp3) is 0.0612. The summed E-state index contributed by atoms with van der Waals surface area (Å²) in [6.45, 7) is 4.85. The maximum Gasteiger partial charge on any atom is 0.0726 e. The van der Waals surface area contributed by atoms with E-state index in [0.29, 0.717) is 0 Å². The van der Waals surface area contributed by atoms with Crippen molar-refractivity contribution in [2.45, 2.75) is 19.3 Å². The molecular weight excluding hydrogens is 635 g/mol. The molecule has 0 bridgehead atoms. The summed E-state index contributed by atoms with van der Waals surface area (Å²) in [4.78, 5) is 0. The maximum atomic E-state index is 2.57. The summed E-state index contributed by atoms with van der Waals surface area (Å²) >= 11 is 1.95. The highest BCUT2D eigenvalue weighted by molar-refractivity contribution is 7.26. The van der Waals surface area contributed by atoms with Gasteiger partial charge in [-0.3, -0.25) is 0 Å². The third-order valence-electron chi connectivity index (χ3n) is 11.9. The van der Waals surface area contributed by atoms with E-state index in [-0.39, 0.29) is 5.41 Å². The van der Waals surface area contributed by atoms with Crippen LogP contribution < -0.4 is 0 Å². The number of benzene rings is 8. The van der Waals surface area contributed by atoms with Gasteiger partial charge in [0, 0.05) is 37.3 Å². The predicted molar refractivity (Wildman–Crippen MR) is 219 cm³/mol. The van der Waals surface area contributed by atoms with Crippen LogP contribution in [0.15, 0.2) is 152 Å². The molecule has 0 amide bonds. The van der Waals surface area contributed by atoms with Gasteiger partial charge in [-0.05, 0) is 90.7 Å². The highest BCUT2D eigenvalue weighted by atomic mass is 32.1. The van der Waals surface area contributed by atoms with Crippen molar-refractivity contribution in [1.29, 1.82) is 0 Å². The van der Waals surface area contributed by atoms with Crippen molar-refractivity contribution < 1.29 is 0 Å². The van der Waals surface area contributed by atoms with E-state index in [4.69, 9.17) is 0 Å². The van der Waals surface area contributed by atoms with Gasteiger partial charge >= 0.3 is 0 Å². The smallest absolute Gasteiger partial charge is 0.0726 e. The van der Waals surface area contributed by atoms with Gasteiger partial charge in [0.2, 0.25) is 0 Å². The predicted octanol–water partition coefficient (Wildman–Crippen LogP) is 13.9. The van der Waals surface area contributed by atoms with Crippen molar-refractivity contribution in [3.8, 4) is 50.2 Å². The topological polar surface area (TPSA) is 4.93 Å². The van der Waals surface area contributed by atoms with Gasteiger partial charge in [0.1, 0.15) is 0 Å². The van der Waals surface area contributed by atoms with Crippen molar-refractivity contribution in [2.75, 3.05) is 0 Å². The molecule has 0 N–H and O–H groups in total. The Morgan fingerprint density at radius 1 is 0.490 bits per heavy atom. The largest absolute Gasteiger partial charge is 0.308 e. The summed E-state index contributed by atoms with van der Waals surface area (Å²) in [5, 5.41) is 8.12. The molecule has 8 aromatic carbocycles. The standard InChI is InChI=1S/C49H31NS/c1-49(2)39-22-8-5-17-36(39)43-44-37-18-6-9-23-40(37)50(47(44)48-45(46(43)49)38-19-7-10-24-41(38)51-48)29-14-11-13-28(27-29)30-25-26-35-32-16-4-3-15-31(32)34-21-12-20-33(30)42(34)35/h3-27H,1-2H3. The van der Waals surface area contributed by atoms with Gasteiger partial charge in [0.25, 0.3) is 0 Å². The van der Waals surface area contributed by atoms with Crippen LogP contribution in [0.1, 0.15) is 25.0 Å². The first kappa shape index (κ1) is 27.8. The summed E-state index contributed by atoms with van der Waals surface area (Å²) in [6.07, 6.45) is 0. The van der Waals surface area contributed by atoms with Gasteiger partial charge in [-0.15, -0.1) is 11.3 Å². The monoisotopic (exact) mass is 665 g/mol. The van der Waals surface area contributed by atoms with Gasteiger partial charge in [-0.1, -0.05) is 141 Å². The quantitative estimate of drug-likeness (QED) is 0.173. The average Bonchev–Trinajstić information content (AvgIpc) is 3.89. The molecule has 1 nitrogen and oxygen atoms in total. The van der Waals surface area contributed by atoms with Gasteiger partial charge in [0.15, 0.2) is 0 Å². The first-order valence-electron chi connectivity index (χ1n) is 17.9. The van der Waals surface area contributed by atoms with Crippen LogP contribution >= 0.6 is 11.3 Å². The Labute approximate surface area is 299 Å². The molecule has 12 rings (SSSR count). The molecule has 0 saturated heterocycles. The van der Waals surface area contributed by atoms with Gasteiger partial charge < -0.3 is 4.57 Å². The molecule has 238 valence electrons. The first-order valence-corrected chi connectivity index (χ1v) is 18.7. The van der Waals surface area contributed by atoms with Gasteiger partial charge in [0.05, 0.1) is 15.7 Å². The second-order valence-corrected chi connectivity index (χ2v) is 15.8. The third kappa shape index (κ3) is 3.41. The Morgan fingerprint density at radius 2 is 1.14 bits per heavy atom. The molecule has 2 heteroatoms. The van der Waals surface area contributed by atoms with Crippen molar-refractivity contribution in [3.05, 3.63) is 163 Å². The van der Waals surface area contributed by atoms with Crippen LogP contribution in [0.25, 0.3) is 103 Å². The van der Waals surface area contributed by atoms with E-state index >= 15 is 0 Å². The summed E-state index contributed by atoms with van der Waals surface area (Å²) in [5.41, 5.74) is 17.1. The molecule has 0 saturated carbocycles. The number of hydrogen-bond donors (Lipinski definition) is 0. The van der Waals surface area contributed by atoms with E-state index in [1.807, 2.05) is 11.3 Å². The Hall–Kier alpha value is -5.96. The fourth-order valence-electron chi connectivity index (χ4n) is 9.83. The Morgan fingerprint density at radius 3 is 2.00 bits per heavy atom. The zero-order chi connectivity index (χ0) is 33.6. The van der Waals surface area contributed by atoms with E-state index in [2.05, 4.69) is 170 Å². The van der Waals surface area contributed by atoms with Crippen LogP contribution in [0.2, 0.25) is 0 Å². The number of para-hydroxylation sites is 1. The molecule has 2 aliphatic rings. The number of fused-ring (bicyclic) bond motifs is 15. The van der Waals surface area contributed by atoms with Gasteiger partial charge in [-0.2, -0.15) is 0 Å². The molecule has 51 heavy (non-hydrogen) atoms. The van der Waals surface area contributed by atoms with E-state index < -0.39 is 0 Å². The minimum Gasteiger partial charge on any atom is -0.308 e. The van der Waals surface area contributed by atoms with Crippen LogP contribution in [0.3, 0.4) is 0 Å². The molecule has 0 aliphatic heterocycles. The van der Waals surface area contributed by atoms with Crippen LogP contribution in [-0.2, 0) is 5.41 Å². The summed E-state index contributed by atoms with van der Waals surface area (Å²) in [6, 6.07) is 56.8. The number of hydrogen-bond acceptors (Lipinski definition) is 1. The van der Waals surface area contributed by atoms with E-state index in [9.17, 15) is 0 Å². The molecule has 0 atom stereocenters. The zero-order valence-electron chi connectivity index (χ0n) is 28.3. The summed E-state index contributed by atoms with van der Waals surface area (Å²) < 4.78 is 5.28. The molecule has 2 heterocycles. The number of rotatable bonds is 2. The number of nitrogens with zero attached hydrogens (tertiary/aromatic N) is 1. The van der Waals surface area contributed by atoms with Crippen molar-refractivity contribution in [3.63, 3.8) is 0 Å². The van der Waals surface area contributed by atoms with Crippen LogP contribution in [0.4, 0.5) is 0 Å². The first-order chi connectivity index (χ1) is 25.1. The van der Waals surface area contributed by atoms with Crippen molar-refractivity contribution in [1.82, 2.24) is 4.57 Å². The lowest BCUT2D eigenvalue weighted by Gasteiger charge is -2.23. The highest BCUT2D eigenvalue weighted by Gasteiger charge is 2.40. The molecule has 10 aromatic rings. The Balaban J connectivity index is 1.20. The third-order valence-corrected chi connectivity index (χ3v) is 13.1. The molecule has 2 aromatic heterocycles. The number of thiophene rings is 1. The minimum absolute atomic E-state index is 0.124. The normalized spacial score (nSPS) is 13.8. The van der Waals surface area contributed by atoms with Crippen LogP contribution in [0.5, 0.6) is 0 Å². The molecule has 0 radical (unpaired) electrons. The maximum absolute atomic E-state index is 2.57. The Kier molecular flexibility index (Phi) is 5.25. The SMILES string of the molecule is CC1(C)c2ccccc2-c2c1c1c3ccccc3sc1c1c2c2ccccc2n1-c1cccc(-c2ccc3c4c(cccc24)-c2ccccc2-3)c1. The highest BCUT2D eigenvalue weighted by Crippen LogP contribution is 2.59. The van der Waals surface area contributed by atoms with Crippen LogP contribution in [-0.4, -0.2) is 4.57 Å². The van der Waals surface area contributed by atoms with E-state index in [1.54, 1.807) is 0 Å². The van der Waals surface area contributed by atoms with Crippen molar-refractivity contribution in [2.24, 2.45) is 0 Å². The lowest BCUT2D eigenvalue weighted by Crippen LogP contribution is -2.15. The lowest BCUT2D eigenvalue weighted by molar-refractivity contribution is 0.667. The molecule has 0 unspecified atom stereocenters. The second kappa shape index (κ2) is 9.63. The molecule has 0 fully saturated rings. The van der Waals surface area contributed by atoms with Crippen molar-refractivity contribution >= 4 is 64.1 Å². The van der Waals surface area contributed by atoms with E-state index in [1.165, 1.54) is 114 Å². The summed E-state index contributed by atoms with van der Waals surface area (Å²) in [5.74, 6) is 0. The van der Waals surface area contributed by atoms with Gasteiger partial charge in [-0.25, -0.2) is 0 Å². The fourth-order valence-corrected chi connectivity index (χ4v) is 11.1. The minimum atomic E-state index is -0.124. The zero-order valence-corrected chi connectivity index (χ0v) is 29.1. The van der Waals surface area contributed by atoms with Crippen LogP contribution in [0, 0.1) is 0 Å².